The van der Waals surface area contributed by atoms with Gasteiger partial charge in [-0.3, -0.25) is 4.79 Å². The number of carbonyl (C=O) groups excluding carboxylic acids is 1. The molecule has 1 aliphatic carbocycles. The smallest absolute Gasteiger partial charge is 0.161 e. The average molecular weight is 225 g/mol. The first kappa shape index (κ1) is 12.4. The van der Waals surface area contributed by atoms with Crippen molar-refractivity contribution in [1.29, 1.82) is 0 Å². The summed E-state index contributed by atoms with van der Waals surface area (Å²) >= 11 is 1.55. The molecule has 2 rings (SSSR count). The largest absolute Gasteiger partial charge is 0.297 e. The van der Waals surface area contributed by atoms with Gasteiger partial charge < -0.3 is 0 Å². The zero-order valence-corrected chi connectivity index (χ0v) is 10.6. The van der Waals surface area contributed by atoms with Crippen molar-refractivity contribution >= 4 is 17.6 Å². The molecule has 0 spiro atoms. The van der Waals surface area contributed by atoms with Crippen LogP contribution in [0.3, 0.4) is 0 Å². The van der Waals surface area contributed by atoms with E-state index < -0.39 is 0 Å². The summed E-state index contributed by atoms with van der Waals surface area (Å²) in [5.74, 6) is 0. The van der Waals surface area contributed by atoms with Gasteiger partial charge in [-0.1, -0.05) is 33.6 Å². The highest BCUT2D eigenvalue weighted by atomic mass is 32.1. The molecule has 0 atom stereocenters. The number of thiazole rings is 1. The maximum absolute atomic E-state index is 10.5. The molecule has 0 aromatic carbocycles. The van der Waals surface area contributed by atoms with Crippen LogP contribution in [0.15, 0.2) is 6.20 Å². The third-order valence-corrected chi connectivity index (χ3v) is 4.09. The van der Waals surface area contributed by atoms with Crippen molar-refractivity contribution in [2.45, 2.75) is 51.9 Å². The van der Waals surface area contributed by atoms with E-state index in [1.807, 2.05) is 13.8 Å². The van der Waals surface area contributed by atoms with Crippen LogP contribution in [0.1, 0.15) is 61.1 Å². The minimum absolute atomic E-state index is 0.256. The van der Waals surface area contributed by atoms with Gasteiger partial charge in [0.2, 0.25) is 0 Å². The molecule has 1 aromatic rings. The molecule has 0 bridgehead atoms. The number of hydrogen-bond acceptors (Lipinski definition) is 3. The van der Waals surface area contributed by atoms with E-state index in [1.165, 1.54) is 25.7 Å². The van der Waals surface area contributed by atoms with Crippen LogP contribution in [-0.4, -0.2) is 11.3 Å². The van der Waals surface area contributed by atoms with Gasteiger partial charge in [-0.05, 0) is 12.8 Å². The number of rotatable bonds is 2. The van der Waals surface area contributed by atoms with Gasteiger partial charge >= 0.3 is 0 Å². The summed E-state index contributed by atoms with van der Waals surface area (Å²) in [7, 11) is 0. The van der Waals surface area contributed by atoms with E-state index in [4.69, 9.17) is 0 Å². The number of carbonyl (C=O) groups is 1. The lowest BCUT2D eigenvalue weighted by Gasteiger charge is -2.19. The molecule has 0 unspecified atom stereocenters. The van der Waals surface area contributed by atoms with Crippen LogP contribution in [0.2, 0.25) is 0 Å². The van der Waals surface area contributed by atoms with E-state index in [9.17, 15) is 4.79 Å². The normalized spacial score (nSPS) is 18.1. The Bertz CT molecular complexity index is 313. The predicted molar refractivity (Wildman–Crippen MR) is 64.7 cm³/mol. The van der Waals surface area contributed by atoms with Crippen molar-refractivity contribution in [2.75, 3.05) is 0 Å². The highest BCUT2D eigenvalue weighted by Crippen LogP contribution is 2.41. The Morgan fingerprint density at radius 3 is 2.47 bits per heavy atom. The van der Waals surface area contributed by atoms with Crippen molar-refractivity contribution in [3.8, 4) is 0 Å². The van der Waals surface area contributed by atoms with Gasteiger partial charge in [-0.25, -0.2) is 4.98 Å². The molecular weight excluding hydrogens is 206 g/mol. The van der Waals surface area contributed by atoms with E-state index in [0.29, 0.717) is 0 Å². The van der Waals surface area contributed by atoms with Crippen molar-refractivity contribution in [3.05, 3.63) is 16.1 Å². The lowest BCUT2D eigenvalue weighted by molar-refractivity contribution is 0.112. The Balaban J connectivity index is 0.000000531. The molecule has 2 nitrogen and oxygen atoms in total. The monoisotopic (exact) mass is 225 g/mol. The molecule has 0 radical (unpaired) electrons. The number of aldehydes is 1. The van der Waals surface area contributed by atoms with Crippen LogP contribution in [0.5, 0.6) is 0 Å². The number of nitrogens with zero attached hydrogens (tertiary/aromatic N) is 1. The maximum Gasteiger partial charge on any atom is 0.161 e. The van der Waals surface area contributed by atoms with Gasteiger partial charge in [-0.2, -0.15) is 0 Å². The molecule has 1 aromatic heterocycles. The molecule has 0 aliphatic heterocycles. The summed E-state index contributed by atoms with van der Waals surface area (Å²) in [6, 6.07) is 0. The quantitative estimate of drug-likeness (QED) is 0.716. The first-order chi connectivity index (χ1) is 7.24. The second-order valence-electron chi connectivity index (χ2n) is 3.95. The fourth-order valence-corrected chi connectivity index (χ4v) is 2.92. The van der Waals surface area contributed by atoms with Gasteiger partial charge in [0.05, 0.1) is 9.88 Å². The Labute approximate surface area is 95.7 Å². The minimum atomic E-state index is 0.256. The molecule has 1 aliphatic rings. The summed E-state index contributed by atoms with van der Waals surface area (Å²) < 4.78 is 0. The van der Waals surface area contributed by atoms with Crippen molar-refractivity contribution in [1.82, 2.24) is 4.98 Å². The Morgan fingerprint density at radius 1 is 1.40 bits per heavy atom. The molecule has 1 heterocycles. The molecule has 0 N–H and O–H groups in total. The second kappa shape index (κ2) is 5.40. The molecule has 3 heteroatoms. The third-order valence-electron chi connectivity index (χ3n) is 2.86. The second-order valence-corrected chi connectivity index (χ2v) is 5.02. The summed E-state index contributed by atoms with van der Waals surface area (Å²) in [5.41, 5.74) is 0.256. The zero-order chi connectivity index (χ0) is 11.3. The van der Waals surface area contributed by atoms with Crippen molar-refractivity contribution in [3.63, 3.8) is 0 Å². The Morgan fingerprint density at radius 2 is 2.00 bits per heavy atom. The average Bonchev–Trinajstić information content (AvgIpc) is 2.89. The topological polar surface area (TPSA) is 30.0 Å². The Kier molecular flexibility index (Phi) is 4.45. The van der Waals surface area contributed by atoms with E-state index in [2.05, 4.69) is 11.9 Å². The molecule has 1 saturated carbocycles. The summed E-state index contributed by atoms with van der Waals surface area (Å²) in [6.07, 6.45) is 7.62. The first-order valence-corrected chi connectivity index (χ1v) is 6.48. The van der Waals surface area contributed by atoms with Gasteiger partial charge in [0, 0.05) is 11.6 Å². The van der Waals surface area contributed by atoms with Crippen LogP contribution in [0.25, 0.3) is 0 Å². The third kappa shape index (κ3) is 2.65. The van der Waals surface area contributed by atoms with Crippen LogP contribution in [-0.2, 0) is 5.41 Å². The SMILES string of the molecule is CC.CC1(c2ncc(C=O)s2)CCCC1. The minimum Gasteiger partial charge on any atom is -0.297 e. The van der Waals surface area contributed by atoms with Crippen LogP contribution in [0.4, 0.5) is 0 Å². The zero-order valence-electron chi connectivity index (χ0n) is 9.75. The highest BCUT2D eigenvalue weighted by molar-refractivity contribution is 7.13. The van der Waals surface area contributed by atoms with Gasteiger partial charge in [0.1, 0.15) is 0 Å². The first-order valence-electron chi connectivity index (χ1n) is 5.66. The predicted octanol–water partition coefficient (Wildman–Crippen LogP) is 3.81. The number of aromatic nitrogens is 1. The lowest BCUT2D eigenvalue weighted by Crippen LogP contribution is -2.15. The molecule has 0 saturated heterocycles. The van der Waals surface area contributed by atoms with E-state index >= 15 is 0 Å². The Hall–Kier alpha value is -0.700. The van der Waals surface area contributed by atoms with Gasteiger partial charge in [0.25, 0.3) is 0 Å². The number of hydrogen-bond donors (Lipinski definition) is 0. The van der Waals surface area contributed by atoms with Crippen molar-refractivity contribution < 1.29 is 4.79 Å². The summed E-state index contributed by atoms with van der Waals surface area (Å²) in [6.45, 7) is 6.26. The van der Waals surface area contributed by atoms with E-state index in [-0.39, 0.29) is 5.41 Å². The fourth-order valence-electron chi connectivity index (χ4n) is 1.99. The van der Waals surface area contributed by atoms with Gasteiger partial charge in [-0.15, -0.1) is 11.3 Å². The fraction of sp³-hybridized carbons (Fsp3) is 0.667. The standard InChI is InChI=1S/C10H13NOS.C2H6/c1-10(4-2-3-5-10)9-11-6-8(7-12)13-9;1-2/h6-7H,2-5H2,1H3;1-2H3. The summed E-state index contributed by atoms with van der Waals surface area (Å²) in [4.78, 5) is 15.6. The van der Waals surface area contributed by atoms with Crippen LogP contribution < -0.4 is 0 Å². The van der Waals surface area contributed by atoms with E-state index in [1.54, 1.807) is 17.5 Å². The van der Waals surface area contributed by atoms with Crippen molar-refractivity contribution in [2.24, 2.45) is 0 Å². The van der Waals surface area contributed by atoms with Crippen LogP contribution in [0, 0.1) is 0 Å². The molecule has 15 heavy (non-hydrogen) atoms. The summed E-state index contributed by atoms with van der Waals surface area (Å²) in [5, 5.41) is 1.15. The molecule has 0 amide bonds. The molecular formula is C12H19NOS. The van der Waals surface area contributed by atoms with Gasteiger partial charge in [0.15, 0.2) is 6.29 Å². The molecule has 1 fully saturated rings. The van der Waals surface area contributed by atoms with Crippen LogP contribution >= 0.6 is 11.3 Å². The lowest BCUT2D eigenvalue weighted by atomic mass is 9.90. The molecule has 84 valence electrons. The maximum atomic E-state index is 10.5. The highest BCUT2D eigenvalue weighted by Gasteiger charge is 2.33. The van der Waals surface area contributed by atoms with E-state index in [0.717, 1.165) is 16.2 Å².